The van der Waals surface area contributed by atoms with Crippen LogP contribution in [0.5, 0.6) is 0 Å². The SMILES string of the molecule is CN1CCCC(NC(=O)c2ccc(N)c(C(F)(F)F)c2)C1. The molecule has 0 bridgehead atoms. The summed E-state index contributed by atoms with van der Waals surface area (Å²) in [6, 6.07) is 3.19. The monoisotopic (exact) mass is 301 g/mol. The van der Waals surface area contributed by atoms with Crippen LogP contribution in [0.3, 0.4) is 0 Å². The van der Waals surface area contributed by atoms with Gasteiger partial charge in [-0.1, -0.05) is 0 Å². The topological polar surface area (TPSA) is 58.4 Å². The molecule has 0 spiro atoms. The Morgan fingerprint density at radius 2 is 2.14 bits per heavy atom. The summed E-state index contributed by atoms with van der Waals surface area (Å²) in [5.41, 5.74) is 3.94. The summed E-state index contributed by atoms with van der Waals surface area (Å²) >= 11 is 0. The Morgan fingerprint density at radius 3 is 2.76 bits per heavy atom. The van der Waals surface area contributed by atoms with Gasteiger partial charge in [-0.15, -0.1) is 0 Å². The first-order valence-corrected chi connectivity index (χ1v) is 6.73. The number of nitrogens with two attached hydrogens (primary N) is 1. The molecule has 1 aliphatic rings. The second kappa shape index (κ2) is 5.93. The molecule has 1 amide bonds. The number of hydrogen-bond donors (Lipinski definition) is 2. The number of nitrogens with one attached hydrogen (secondary N) is 1. The van der Waals surface area contributed by atoms with E-state index in [1.54, 1.807) is 0 Å². The van der Waals surface area contributed by atoms with Gasteiger partial charge in [0, 0.05) is 23.8 Å². The summed E-state index contributed by atoms with van der Waals surface area (Å²) in [7, 11) is 1.95. The van der Waals surface area contributed by atoms with Gasteiger partial charge in [-0.3, -0.25) is 4.79 Å². The number of nitrogens with zero attached hydrogens (tertiary/aromatic N) is 1. The van der Waals surface area contributed by atoms with E-state index >= 15 is 0 Å². The number of alkyl halides is 3. The number of hydrogen-bond acceptors (Lipinski definition) is 3. The number of piperidine rings is 1. The van der Waals surface area contributed by atoms with Crippen molar-refractivity contribution in [1.29, 1.82) is 0 Å². The predicted octanol–water partition coefficient (Wildman–Crippen LogP) is 2.11. The fourth-order valence-corrected chi connectivity index (χ4v) is 2.50. The fourth-order valence-electron chi connectivity index (χ4n) is 2.50. The van der Waals surface area contributed by atoms with Gasteiger partial charge in [0.15, 0.2) is 0 Å². The number of likely N-dealkylation sites (N-methyl/N-ethyl adjacent to an activating group) is 1. The van der Waals surface area contributed by atoms with Crippen molar-refractivity contribution in [3.63, 3.8) is 0 Å². The van der Waals surface area contributed by atoms with Crippen LogP contribution in [-0.2, 0) is 6.18 Å². The van der Waals surface area contributed by atoms with Crippen LogP contribution >= 0.6 is 0 Å². The van der Waals surface area contributed by atoms with Gasteiger partial charge in [0.1, 0.15) is 0 Å². The van der Waals surface area contributed by atoms with Crippen LogP contribution in [0, 0.1) is 0 Å². The molecule has 1 aromatic rings. The fraction of sp³-hybridized carbons (Fsp3) is 0.500. The minimum Gasteiger partial charge on any atom is -0.398 e. The van der Waals surface area contributed by atoms with Gasteiger partial charge in [0.05, 0.1) is 5.56 Å². The Hall–Kier alpha value is -1.76. The molecule has 3 N–H and O–H groups in total. The highest BCUT2D eigenvalue weighted by molar-refractivity contribution is 5.95. The van der Waals surface area contributed by atoms with Crippen LogP contribution < -0.4 is 11.1 Å². The molecule has 1 saturated heterocycles. The largest absolute Gasteiger partial charge is 0.418 e. The molecule has 1 unspecified atom stereocenters. The number of nitrogen functional groups attached to an aromatic ring is 1. The molecule has 1 fully saturated rings. The van der Waals surface area contributed by atoms with Gasteiger partial charge in [-0.2, -0.15) is 13.2 Å². The zero-order chi connectivity index (χ0) is 15.6. The summed E-state index contributed by atoms with van der Waals surface area (Å²) in [4.78, 5) is 14.2. The van der Waals surface area contributed by atoms with E-state index in [-0.39, 0.29) is 17.3 Å². The smallest absolute Gasteiger partial charge is 0.398 e. The van der Waals surface area contributed by atoms with Crippen LogP contribution in [0.2, 0.25) is 0 Å². The Morgan fingerprint density at radius 1 is 1.43 bits per heavy atom. The Kier molecular flexibility index (Phi) is 4.41. The first-order chi connectivity index (χ1) is 9.77. The number of anilines is 1. The molecule has 0 aliphatic carbocycles. The zero-order valence-corrected chi connectivity index (χ0v) is 11.7. The summed E-state index contributed by atoms with van der Waals surface area (Å²) in [5.74, 6) is -0.499. The van der Waals surface area contributed by atoms with E-state index in [2.05, 4.69) is 10.2 Å². The van der Waals surface area contributed by atoms with Gasteiger partial charge in [-0.05, 0) is 44.6 Å². The first kappa shape index (κ1) is 15.6. The molecule has 7 heteroatoms. The van der Waals surface area contributed by atoms with Crippen molar-refractivity contribution >= 4 is 11.6 Å². The summed E-state index contributed by atoms with van der Waals surface area (Å²) in [5, 5.41) is 2.77. The molecule has 1 heterocycles. The van der Waals surface area contributed by atoms with Gasteiger partial charge in [0.25, 0.3) is 5.91 Å². The lowest BCUT2D eigenvalue weighted by Gasteiger charge is -2.30. The van der Waals surface area contributed by atoms with Crippen LogP contribution in [-0.4, -0.2) is 37.0 Å². The maximum Gasteiger partial charge on any atom is 0.418 e. The number of rotatable bonds is 2. The molecule has 0 aromatic heterocycles. The summed E-state index contributed by atoms with van der Waals surface area (Å²) in [6.07, 6.45) is -2.78. The minimum atomic E-state index is -4.56. The molecule has 1 aliphatic heterocycles. The first-order valence-electron chi connectivity index (χ1n) is 6.73. The number of likely N-dealkylation sites (tertiary alicyclic amines) is 1. The van der Waals surface area contributed by atoms with Crippen LogP contribution in [0.25, 0.3) is 0 Å². The lowest BCUT2D eigenvalue weighted by molar-refractivity contribution is -0.136. The maximum atomic E-state index is 12.8. The summed E-state index contributed by atoms with van der Waals surface area (Å²) in [6.45, 7) is 1.67. The second-order valence-corrected chi connectivity index (χ2v) is 5.37. The average Bonchev–Trinajstić information content (AvgIpc) is 2.37. The molecule has 1 aromatic carbocycles. The highest BCUT2D eigenvalue weighted by Crippen LogP contribution is 2.34. The summed E-state index contributed by atoms with van der Waals surface area (Å²) < 4.78 is 38.4. The highest BCUT2D eigenvalue weighted by Gasteiger charge is 2.33. The van der Waals surface area contributed by atoms with Crippen molar-refractivity contribution in [2.75, 3.05) is 25.9 Å². The molecular weight excluding hydrogens is 283 g/mol. The zero-order valence-electron chi connectivity index (χ0n) is 11.7. The van der Waals surface area contributed by atoms with E-state index in [9.17, 15) is 18.0 Å². The van der Waals surface area contributed by atoms with Crippen molar-refractivity contribution in [1.82, 2.24) is 10.2 Å². The Labute approximate surface area is 121 Å². The van der Waals surface area contributed by atoms with Crippen LogP contribution in [0.15, 0.2) is 18.2 Å². The van der Waals surface area contributed by atoms with Crippen molar-refractivity contribution in [3.05, 3.63) is 29.3 Å². The third-order valence-corrected chi connectivity index (χ3v) is 3.58. The van der Waals surface area contributed by atoms with Crippen molar-refractivity contribution in [3.8, 4) is 0 Å². The van der Waals surface area contributed by atoms with Crippen LogP contribution in [0.4, 0.5) is 18.9 Å². The number of amides is 1. The Bertz CT molecular complexity index is 531. The number of benzene rings is 1. The van der Waals surface area contributed by atoms with Crippen LogP contribution in [0.1, 0.15) is 28.8 Å². The van der Waals surface area contributed by atoms with Crippen molar-refractivity contribution < 1.29 is 18.0 Å². The van der Waals surface area contributed by atoms with Gasteiger partial charge >= 0.3 is 6.18 Å². The van der Waals surface area contributed by atoms with E-state index < -0.39 is 17.6 Å². The predicted molar refractivity (Wildman–Crippen MR) is 73.8 cm³/mol. The third kappa shape index (κ3) is 3.87. The molecule has 21 heavy (non-hydrogen) atoms. The van der Waals surface area contributed by atoms with E-state index in [0.29, 0.717) is 6.54 Å². The molecular formula is C14H18F3N3O. The highest BCUT2D eigenvalue weighted by atomic mass is 19.4. The third-order valence-electron chi connectivity index (χ3n) is 3.58. The molecule has 0 saturated carbocycles. The normalized spacial score (nSPS) is 20.3. The minimum absolute atomic E-state index is 0.0234. The number of halogens is 3. The number of carbonyl (C=O) groups excluding carboxylic acids is 1. The second-order valence-electron chi connectivity index (χ2n) is 5.37. The maximum absolute atomic E-state index is 12.8. The lowest BCUT2D eigenvalue weighted by atomic mass is 10.0. The van der Waals surface area contributed by atoms with Crippen molar-refractivity contribution in [2.45, 2.75) is 25.1 Å². The van der Waals surface area contributed by atoms with E-state index in [1.165, 1.54) is 6.07 Å². The Balaban J connectivity index is 2.12. The molecule has 116 valence electrons. The van der Waals surface area contributed by atoms with Gasteiger partial charge in [-0.25, -0.2) is 0 Å². The molecule has 4 nitrogen and oxygen atoms in total. The quantitative estimate of drug-likeness (QED) is 0.823. The number of carbonyl (C=O) groups is 1. The molecule has 0 radical (unpaired) electrons. The average molecular weight is 301 g/mol. The van der Waals surface area contributed by atoms with E-state index in [4.69, 9.17) is 5.73 Å². The standard InChI is InChI=1S/C14H18F3N3O/c1-20-6-2-3-10(8-20)19-13(21)9-4-5-12(18)11(7-9)14(15,16)17/h4-5,7,10H,2-3,6,8,18H2,1H3,(H,19,21). The van der Waals surface area contributed by atoms with E-state index in [1.807, 2.05) is 7.05 Å². The molecule has 1 atom stereocenters. The van der Waals surface area contributed by atoms with Gasteiger partial charge in [0.2, 0.25) is 0 Å². The van der Waals surface area contributed by atoms with Gasteiger partial charge < -0.3 is 16.0 Å². The van der Waals surface area contributed by atoms with E-state index in [0.717, 1.165) is 31.5 Å². The lowest BCUT2D eigenvalue weighted by Crippen LogP contribution is -2.46. The molecule has 2 rings (SSSR count). The van der Waals surface area contributed by atoms with Crippen molar-refractivity contribution in [2.24, 2.45) is 0 Å².